The third-order valence-electron chi connectivity index (χ3n) is 4.32. The van der Waals surface area contributed by atoms with E-state index < -0.39 is 0 Å². The zero-order chi connectivity index (χ0) is 15.5. The van der Waals surface area contributed by atoms with E-state index in [-0.39, 0.29) is 5.91 Å². The normalized spacial score (nSPS) is 20.3. The Kier molecular flexibility index (Phi) is 4.92. The van der Waals surface area contributed by atoms with Crippen LogP contribution in [-0.2, 0) is 4.79 Å². The summed E-state index contributed by atoms with van der Waals surface area (Å²) in [4.78, 5) is 12.0. The standard InChI is InChI=1S/C18H27NO2/c1-13-6-5-7-14(2)17(13)21-11-9-16(20)19-15-8-10-18(3,4)12-15/h5-7,15H,8-12H2,1-4H3,(H,19,20). The highest BCUT2D eigenvalue weighted by Crippen LogP contribution is 2.36. The molecule has 116 valence electrons. The number of carbonyl (C=O) groups excluding carboxylic acids is 1. The van der Waals surface area contributed by atoms with Crippen LogP contribution >= 0.6 is 0 Å². The number of amides is 1. The molecule has 1 fully saturated rings. The van der Waals surface area contributed by atoms with Crippen molar-refractivity contribution >= 4 is 5.91 Å². The van der Waals surface area contributed by atoms with E-state index in [4.69, 9.17) is 4.74 Å². The molecule has 0 aliphatic heterocycles. The molecule has 1 saturated carbocycles. The van der Waals surface area contributed by atoms with Crippen molar-refractivity contribution in [1.82, 2.24) is 5.32 Å². The first-order chi connectivity index (χ1) is 9.87. The fraction of sp³-hybridized carbons (Fsp3) is 0.611. The highest BCUT2D eigenvalue weighted by Gasteiger charge is 2.31. The van der Waals surface area contributed by atoms with E-state index in [0.717, 1.165) is 29.7 Å². The van der Waals surface area contributed by atoms with Crippen LogP contribution in [0.4, 0.5) is 0 Å². The second-order valence-corrected chi connectivity index (χ2v) is 6.99. The number of ether oxygens (including phenoxy) is 1. The SMILES string of the molecule is Cc1cccc(C)c1OCCC(=O)NC1CCC(C)(C)C1. The zero-order valence-electron chi connectivity index (χ0n) is 13.7. The van der Waals surface area contributed by atoms with Crippen molar-refractivity contribution in [3.8, 4) is 5.75 Å². The maximum absolute atomic E-state index is 12.0. The van der Waals surface area contributed by atoms with Gasteiger partial charge in [0.15, 0.2) is 0 Å². The zero-order valence-corrected chi connectivity index (χ0v) is 13.7. The van der Waals surface area contributed by atoms with E-state index in [9.17, 15) is 4.79 Å². The van der Waals surface area contributed by atoms with E-state index >= 15 is 0 Å². The minimum atomic E-state index is 0.101. The van der Waals surface area contributed by atoms with Crippen molar-refractivity contribution < 1.29 is 9.53 Å². The highest BCUT2D eigenvalue weighted by atomic mass is 16.5. The number of nitrogens with one attached hydrogen (secondary N) is 1. The Bertz CT molecular complexity index is 488. The first-order valence-electron chi connectivity index (χ1n) is 7.86. The van der Waals surface area contributed by atoms with Gasteiger partial charge in [-0.3, -0.25) is 4.79 Å². The van der Waals surface area contributed by atoms with E-state index in [2.05, 4.69) is 19.2 Å². The molecular formula is C18H27NO2. The average Bonchev–Trinajstić information content (AvgIpc) is 2.72. The molecule has 3 nitrogen and oxygen atoms in total. The Morgan fingerprint density at radius 1 is 1.33 bits per heavy atom. The molecule has 1 aliphatic rings. The van der Waals surface area contributed by atoms with Gasteiger partial charge in [0.1, 0.15) is 5.75 Å². The second-order valence-electron chi connectivity index (χ2n) is 6.99. The summed E-state index contributed by atoms with van der Waals surface area (Å²) in [5.74, 6) is 1.01. The fourth-order valence-corrected chi connectivity index (χ4v) is 3.13. The largest absolute Gasteiger partial charge is 0.493 e. The number of carbonyl (C=O) groups is 1. The Morgan fingerprint density at radius 2 is 2.00 bits per heavy atom. The van der Waals surface area contributed by atoms with Crippen LogP contribution in [0.3, 0.4) is 0 Å². The van der Waals surface area contributed by atoms with E-state index in [1.807, 2.05) is 32.0 Å². The van der Waals surface area contributed by atoms with Crippen LogP contribution in [0, 0.1) is 19.3 Å². The number of benzene rings is 1. The molecule has 3 heteroatoms. The molecule has 2 rings (SSSR count). The number of rotatable bonds is 5. The molecule has 1 aromatic rings. The maximum Gasteiger partial charge on any atom is 0.223 e. The lowest BCUT2D eigenvalue weighted by atomic mass is 9.92. The molecular weight excluding hydrogens is 262 g/mol. The third kappa shape index (κ3) is 4.48. The number of hydrogen-bond donors (Lipinski definition) is 1. The van der Waals surface area contributed by atoms with Crippen LogP contribution in [0.2, 0.25) is 0 Å². The van der Waals surface area contributed by atoms with Gasteiger partial charge in [0.2, 0.25) is 5.91 Å². The summed E-state index contributed by atoms with van der Waals surface area (Å²) in [6, 6.07) is 6.42. The molecule has 0 bridgehead atoms. The number of aryl methyl sites for hydroxylation is 2. The minimum Gasteiger partial charge on any atom is -0.493 e. The molecule has 21 heavy (non-hydrogen) atoms. The van der Waals surface area contributed by atoms with Crippen LogP contribution < -0.4 is 10.1 Å². The smallest absolute Gasteiger partial charge is 0.223 e. The Hall–Kier alpha value is -1.51. The molecule has 1 aromatic carbocycles. The summed E-state index contributed by atoms with van der Waals surface area (Å²) in [7, 11) is 0. The van der Waals surface area contributed by atoms with Crippen LogP contribution in [0.5, 0.6) is 5.75 Å². The predicted molar refractivity (Wildman–Crippen MR) is 85.6 cm³/mol. The quantitative estimate of drug-likeness (QED) is 0.896. The van der Waals surface area contributed by atoms with Gasteiger partial charge < -0.3 is 10.1 Å². The minimum absolute atomic E-state index is 0.101. The molecule has 0 saturated heterocycles. The van der Waals surface area contributed by atoms with Gasteiger partial charge in [0, 0.05) is 6.04 Å². The maximum atomic E-state index is 12.0. The lowest BCUT2D eigenvalue weighted by molar-refractivity contribution is -0.122. The van der Waals surface area contributed by atoms with Gasteiger partial charge in [-0.05, 0) is 49.7 Å². The molecule has 0 aromatic heterocycles. The third-order valence-corrected chi connectivity index (χ3v) is 4.32. The highest BCUT2D eigenvalue weighted by molar-refractivity contribution is 5.76. The topological polar surface area (TPSA) is 38.3 Å². The van der Waals surface area contributed by atoms with E-state index in [0.29, 0.717) is 24.5 Å². The number of hydrogen-bond acceptors (Lipinski definition) is 2. The lowest BCUT2D eigenvalue weighted by Gasteiger charge is -2.18. The van der Waals surface area contributed by atoms with Gasteiger partial charge in [-0.1, -0.05) is 32.0 Å². The summed E-state index contributed by atoms with van der Waals surface area (Å²) in [5, 5.41) is 3.13. The van der Waals surface area contributed by atoms with Gasteiger partial charge in [-0.2, -0.15) is 0 Å². The van der Waals surface area contributed by atoms with Gasteiger partial charge in [0.25, 0.3) is 0 Å². The number of para-hydroxylation sites is 1. The molecule has 1 N–H and O–H groups in total. The first-order valence-corrected chi connectivity index (χ1v) is 7.86. The summed E-state index contributed by atoms with van der Waals surface area (Å²) in [5.41, 5.74) is 2.60. The van der Waals surface area contributed by atoms with Gasteiger partial charge in [0.05, 0.1) is 13.0 Å². The van der Waals surface area contributed by atoms with Gasteiger partial charge >= 0.3 is 0 Å². The van der Waals surface area contributed by atoms with Crippen molar-refractivity contribution in [1.29, 1.82) is 0 Å². The average molecular weight is 289 g/mol. The summed E-state index contributed by atoms with van der Waals surface area (Å²) < 4.78 is 5.78. The second kappa shape index (κ2) is 6.50. The van der Waals surface area contributed by atoms with E-state index in [1.165, 1.54) is 6.42 Å². The first kappa shape index (κ1) is 15.9. The van der Waals surface area contributed by atoms with Crippen LogP contribution in [-0.4, -0.2) is 18.6 Å². The molecule has 0 heterocycles. The van der Waals surface area contributed by atoms with Crippen LogP contribution in [0.15, 0.2) is 18.2 Å². The molecule has 1 amide bonds. The molecule has 0 spiro atoms. The van der Waals surface area contributed by atoms with Crippen molar-refractivity contribution in [2.75, 3.05) is 6.61 Å². The van der Waals surface area contributed by atoms with Crippen molar-refractivity contribution in [2.24, 2.45) is 5.41 Å². The van der Waals surface area contributed by atoms with Crippen molar-refractivity contribution in [3.63, 3.8) is 0 Å². The monoisotopic (exact) mass is 289 g/mol. The Labute approximate surface area is 128 Å². The molecule has 0 radical (unpaired) electrons. The summed E-state index contributed by atoms with van der Waals surface area (Å²) in [6.07, 6.45) is 3.79. The Morgan fingerprint density at radius 3 is 2.57 bits per heavy atom. The lowest BCUT2D eigenvalue weighted by Crippen LogP contribution is -2.34. The van der Waals surface area contributed by atoms with Crippen LogP contribution in [0.25, 0.3) is 0 Å². The van der Waals surface area contributed by atoms with Crippen molar-refractivity contribution in [2.45, 2.75) is 59.4 Å². The summed E-state index contributed by atoms with van der Waals surface area (Å²) in [6.45, 7) is 9.03. The van der Waals surface area contributed by atoms with Gasteiger partial charge in [-0.25, -0.2) is 0 Å². The Balaban J connectivity index is 1.75. The predicted octanol–water partition coefficient (Wildman–Crippen LogP) is 3.77. The molecule has 1 atom stereocenters. The van der Waals surface area contributed by atoms with Crippen LogP contribution in [0.1, 0.15) is 50.7 Å². The van der Waals surface area contributed by atoms with E-state index in [1.54, 1.807) is 0 Å². The van der Waals surface area contributed by atoms with Crippen molar-refractivity contribution in [3.05, 3.63) is 29.3 Å². The fourth-order valence-electron chi connectivity index (χ4n) is 3.13. The molecule has 1 aliphatic carbocycles. The molecule has 1 unspecified atom stereocenters. The summed E-state index contributed by atoms with van der Waals surface area (Å²) >= 11 is 0. The van der Waals surface area contributed by atoms with Gasteiger partial charge in [-0.15, -0.1) is 0 Å².